The van der Waals surface area contributed by atoms with E-state index in [4.69, 9.17) is 4.74 Å². The van der Waals surface area contributed by atoms with E-state index in [1.165, 1.54) is 19.3 Å². The van der Waals surface area contributed by atoms with E-state index in [0.717, 1.165) is 38.6 Å². The van der Waals surface area contributed by atoms with Gasteiger partial charge in [-0.15, -0.1) is 24.0 Å². The molecule has 0 aromatic carbocycles. The fraction of sp³-hybridized carbons (Fsp3) is 0.895. The molecule has 0 aromatic rings. The predicted molar refractivity (Wildman–Crippen MR) is 115 cm³/mol. The van der Waals surface area contributed by atoms with E-state index >= 15 is 0 Å². The second-order valence-corrected chi connectivity index (χ2v) is 7.53. The highest BCUT2D eigenvalue weighted by Crippen LogP contribution is 2.62. The number of amides is 1. The van der Waals surface area contributed by atoms with Crippen molar-refractivity contribution in [1.29, 1.82) is 0 Å². The lowest BCUT2D eigenvalue weighted by Gasteiger charge is -2.63. The molecule has 1 amide bonds. The third-order valence-electron chi connectivity index (χ3n) is 6.38. The molecule has 3 fully saturated rings. The van der Waals surface area contributed by atoms with Crippen LogP contribution >= 0.6 is 24.0 Å². The Bertz CT molecular complexity index is 506. The molecule has 2 N–H and O–H groups in total. The Hall–Kier alpha value is -0.570. The Morgan fingerprint density at radius 2 is 2.00 bits per heavy atom. The average Bonchev–Trinajstić information content (AvgIpc) is 2.97. The number of nitrogens with zero attached hydrogens (tertiary/aromatic N) is 2. The van der Waals surface area contributed by atoms with Gasteiger partial charge < -0.3 is 20.3 Å². The number of carbonyl (C=O) groups is 1. The molecule has 3 aliphatic rings. The maximum absolute atomic E-state index is 12.1. The van der Waals surface area contributed by atoms with Crippen LogP contribution in [-0.2, 0) is 9.53 Å². The number of fused-ring (bicyclic) bond motifs is 2. The molecular weight excluding hydrogens is 443 g/mol. The summed E-state index contributed by atoms with van der Waals surface area (Å²) in [5.74, 6) is 1.67. The molecule has 26 heavy (non-hydrogen) atoms. The largest absolute Gasteiger partial charge is 0.377 e. The molecule has 1 spiro atoms. The molecule has 0 aromatic heterocycles. The number of nitrogens with one attached hydrogen (secondary N) is 2. The van der Waals surface area contributed by atoms with E-state index in [9.17, 15) is 4.79 Å². The van der Waals surface area contributed by atoms with Gasteiger partial charge in [0.15, 0.2) is 5.96 Å². The fourth-order valence-electron chi connectivity index (χ4n) is 4.92. The van der Waals surface area contributed by atoms with Crippen molar-refractivity contribution in [2.75, 3.05) is 32.8 Å². The number of rotatable bonds is 7. The molecule has 3 rings (SSSR count). The summed E-state index contributed by atoms with van der Waals surface area (Å²) in [6.45, 7) is 9.93. The van der Waals surface area contributed by atoms with E-state index in [1.54, 1.807) is 0 Å². The van der Waals surface area contributed by atoms with Crippen LogP contribution in [-0.4, -0.2) is 61.7 Å². The van der Waals surface area contributed by atoms with Gasteiger partial charge in [0, 0.05) is 50.0 Å². The summed E-state index contributed by atoms with van der Waals surface area (Å²) in [6.07, 6.45) is 5.95. The molecule has 3 atom stereocenters. The first-order valence-corrected chi connectivity index (χ1v) is 10.1. The van der Waals surface area contributed by atoms with Gasteiger partial charge in [-0.05, 0) is 40.0 Å². The lowest BCUT2D eigenvalue weighted by atomic mass is 9.46. The third-order valence-corrected chi connectivity index (χ3v) is 6.38. The van der Waals surface area contributed by atoms with Crippen LogP contribution in [0.15, 0.2) is 4.99 Å². The van der Waals surface area contributed by atoms with E-state index in [-0.39, 0.29) is 29.9 Å². The maximum Gasteiger partial charge on any atom is 0.224 e. The van der Waals surface area contributed by atoms with Gasteiger partial charge in [-0.3, -0.25) is 9.79 Å². The summed E-state index contributed by atoms with van der Waals surface area (Å²) < 4.78 is 5.99. The van der Waals surface area contributed by atoms with Crippen molar-refractivity contribution in [3.8, 4) is 0 Å². The second kappa shape index (κ2) is 9.57. The van der Waals surface area contributed by atoms with Gasteiger partial charge in [0.05, 0.1) is 12.6 Å². The van der Waals surface area contributed by atoms with E-state index in [2.05, 4.69) is 22.5 Å². The molecule has 150 valence electrons. The van der Waals surface area contributed by atoms with E-state index in [0.29, 0.717) is 36.4 Å². The molecular formula is C19H35IN4O2. The second-order valence-electron chi connectivity index (χ2n) is 7.53. The molecule has 2 aliphatic carbocycles. The van der Waals surface area contributed by atoms with Crippen LogP contribution in [0.3, 0.4) is 0 Å². The van der Waals surface area contributed by atoms with Crippen molar-refractivity contribution >= 4 is 35.8 Å². The molecule has 1 aliphatic heterocycles. The van der Waals surface area contributed by atoms with Crippen molar-refractivity contribution < 1.29 is 9.53 Å². The minimum atomic E-state index is 0. The first-order chi connectivity index (χ1) is 12.2. The summed E-state index contributed by atoms with van der Waals surface area (Å²) in [5.41, 5.74) is 0.342. The van der Waals surface area contributed by atoms with Crippen LogP contribution in [0.2, 0.25) is 0 Å². The van der Waals surface area contributed by atoms with Gasteiger partial charge >= 0.3 is 0 Å². The van der Waals surface area contributed by atoms with Gasteiger partial charge in [-0.25, -0.2) is 0 Å². The zero-order valence-electron chi connectivity index (χ0n) is 16.4. The summed E-state index contributed by atoms with van der Waals surface area (Å²) in [4.78, 5) is 18.7. The molecule has 1 heterocycles. The topological polar surface area (TPSA) is 66.0 Å². The van der Waals surface area contributed by atoms with Crippen molar-refractivity contribution in [3.05, 3.63) is 0 Å². The lowest BCUT2D eigenvalue weighted by molar-refractivity contribution is -0.171. The number of carbonyl (C=O) groups excluding carboxylic acids is 1. The Morgan fingerprint density at radius 3 is 2.58 bits per heavy atom. The standard InChI is InChI=1S/C19H34N4O2.HI/c1-4-20-18(21-12-8-15(24)23(5-2)6-3)22-16-14-9-13-25-17(14)19(16)10-7-11-19;/h14,16-17H,4-13H2,1-3H3,(H2,20,21,22);1H. The summed E-state index contributed by atoms with van der Waals surface area (Å²) in [7, 11) is 0. The smallest absolute Gasteiger partial charge is 0.224 e. The van der Waals surface area contributed by atoms with Crippen LogP contribution in [0.5, 0.6) is 0 Å². The SMILES string of the molecule is CCNC(=NCCC(=O)N(CC)CC)NC1C2CCOC2C12CCC2.I. The van der Waals surface area contributed by atoms with Gasteiger partial charge in [-0.2, -0.15) is 0 Å². The molecule has 2 saturated carbocycles. The number of hydrogen-bond acceptors (Lipinski definition) is 3. The highest BCUT2D eigenvalue weighted by Gasteiger charge is 2.66. The van der Waals surface area contributed by atoms with Crippen molar-refractivity contribution in [2.45, 2.75) is 65.0 Å². The predicted octanol–water partition coefficient (Wildman–Crippen LogP) is 2.38. The Morgan fingerprint density at radius 1 is 1.27 bits per heavy atom. The average molecular weight is 478 g/mol. The molecule has 0 radical (unpaired) electrons. The first-order valence-electron chi connectivity index (χ1n) is 10.1. The molecule has 7 heteroatoms. The highest BCUT2D eigenvalue weighted by molar-refractivity contribution is 14.0. The number of guanidine groups is 1. The van der Waals surface area contributed by atoms with Crippen LogP contribution in [0.4, 0.5) is 0 Å². The van der Waals surface area contributed by atoms with Crippen LogP contribution in [0.1, 0.15) is 52.9 Å². The molecule has 3 unspecified atom stereocenters. The monoisotopic (exact) mass is 478 g/mol. The Balaban J connectivity index is 0.00000243. The minimum absolute atomic E-state index is 0. The number of aliphatic imine (C=N–C) groups is 1. The summed E-state index contributed by atoms with van der Waals surface area (Å²) >= 11 is 0. The maximum atomic E-state index is 12.1. The van der Waals surface area contributed by atoms with Crippen molar-refractivity contribution in [2.24, 2.45) is 16.3 Å². The van der Waals surface area contributed by atoms with Crippen molar-refractivity contribution in [3.63, 3.8) is 0 Å². The quantitative estimate of drug-likeness (QED) is 0.335. The normalized spacial score (nSPS) is 28.4. The zero-order chi connectivity index (χ0) is 17.9. The number of hydrogen-bond donors (Lipinski definition) is 2. The van der Waals surface area contributed by atoms with Crippen LogP contribution in [0, 0.1) is 11.3 Å². The van der Waals surface area contributed by atoms with E-state index in [1.807, 2.05) is 18.7 Å². The van der Waals surface area contributed by atoms with Gasteiger partial charge in [0.25, 0.3) is 0 Å². The number of halogens is 1. The lowest BCUT2D eigenvalue weighted by Crippen LogP contribution is -2.72. The highest BCUT2D eigenvalue weighted by atomic mass is 127. The first kappa shape index (κ1) is 21.7. The van der Waals surface area contributed by atoms with Gasteiger partial charge in [0.2, 0.25) is 5.91 Å². The summed E-state index contributed by atoms with van der Waals surface area (Å²) in [5, 5.41) is 7.04. The van der Waals surface area contributed by atoms with Crippen LogP contribution < -0.4 is 10.6 Å². The minimum Gasteiger partial charge on any atom is -0.377 e. The molecule has 1 saturated heterocycles. The van der Waals surface area contributed by atoms with E-state index < -0.39 is 0 Å². The summed E-state index contributed by atoms with van der Waals surface area (Å²) in [6, 6.07) is 0.477. The Labute approximate surface area is 174 Å². The zero-order valence-corrected chi connectivity index (χ0v) is 18.8. The molecule has 0 bridgehead atoms. The Kier molecular flexibility index (Phi) is 8.00. The van der Waals surface area contributed by atoms with Crippen molar-refractivity contribution in [1.82, 2.24) is 15.5 Å². The third kappa shape index (κ3) is 3.98. The molecule has 6 nitrogen and oxygen atoms in total. The van der Waals surface area contributed by atoms with Gasteiger partial charge in [0.1, 0.15) is 0 Å². The number of ether oxygens (including phenoxy) is 1. The fourth-order valence-corrected chi connectivity index (χ4v) is 4.92. The van der Waals surface area contributed by atoms with Gasteiger partial charge in [-0.1, -0.05) is 6.42 Å². The van der Waals surface area contributed by atoms with Crippen LogP contribution in [0.25, 0.3) is 0 Å².